The lowest BCUT2D eigenvalue weighted by atomic mass is 9.90. The second-order valence-electron chi connectivity index (χ2n) is 4.33. The third-order valence-corrected chi connectivity index (χ3v) is 2.57. The Balaban J connectivity index is 2.02. The molecular formula is C10H20O. The molecule has 0 bridgehead atoms. The van der Waals surface area contributed by atoms with Crippen molar-refractivity contribution in [3.8, 4) is 0 Å². The van der Waals surface area contributed by atoms with E-state index in [-0.39, 0.29) is 5.60 Å². The molecule has 1 unspecified atom stereocenters. The van der Waals surface area contributed by atoms with E-state index in [9.17, 15) is 0 Å². The molecule has 1 aliphatic heterocycles. The van der Waals surface area contributed by atoms with E-state index >= 15 is 0 Å². The van der Waals surface area contributed by atoms with Gasteiger partial charge in [-0.05, 0) is 25.7 Å². The minimum absolute atomic E-state index is 0.259. The van der Waals surface area contributed by atoms with E-state index in [1.807, 2.05) is 0 Å². The van der Waals surface area contributed by atoms with Crippen LogP contribution in [0.1, 0.15) is 46.5 Å². The molecule has 0 aromatic carbocycles. The maximum atomic E-state index is 5.50. The van der Waals surface area contributed by atoms with Gasteiger partial charge in [0.05, 0.1) is 12.2 Å². The van der Waals surface area contributed by atoms with Gasteiger partial charge in [-0.1, -0.05) is 26.7 Å². The predicted molar refractivity (Wildman–Crippen MR) is 47.7 cm³/mol. The van der Waals surface area contributed by atoms with Crippen LogP contribution < -0.4 is 0 Å². The summed E-state index contributed by atoms with van der Waals surface area (Å²) in [6, 6.07) is 0. The van der Waals surface area contributed by atoms with Gasteiger partial charge in [0.1, 0.15) is 0 Å². The van der Waals surface area contributed by atoms with E-state index in [4.69, 9.17) is 4.74 Å². The van der Waals surface area contributed by atoms with E-state index < -0.39 is 0 Å². The highest BCUT2D eigenvalue weighted by Crippen LogP contribution is 2.31. The lowest BCUT2D eigenvalue weighted by molar-refractivity contribution is -0.139. The van der Waals surface area contributed by atoms with Gasteiger partial charge in [0.2, 0.25) is 0 Å². The van der Waals surface area contributed by atoms with Gasteiger partial charge in [0.25, 0.3) is 0 Å². The van der Waals surface area contributed by atoms with E-state index in [1.165, 1.54) is 25.7 Å². The van der Waals surface area contributed by atoms with Crippen molar-refractivity contribution >= 4 is 0 Å². The molecule has 0 radical (unpaired) electrons. The molecule has 1 atom stereocenters. The van der Waals surface area contributed by atoms with Crippen LogP contribution in [0.5, 0.6) is 0 Å². The summed E-state index contributed by atoms with van der Waals surface area (Å²) < 4.78 is 5.50. The zero-order valence-corrected chi connectivity index (χ0v) is 8.02. The topological polar surface area (TPSA) is 9.23 Å². The van der Waals surface area contributed by atoms with Crippen molar-refractivity contribution < 1.29 is 4.74 Å². The molecule has 0 N–H and O–H groups in total. The van der Waals surface area contributed by atoms with Gasteiger partial charge in [-0.15, -0.1) is 0 Å². The smallest absolute Gasteiger partial charge is 0.0676 e. The van der Waals surface area contributed by atoms with Crippen LogP contribution in [0.4, 0.5) is 0 Å². The van der Waals surface area contributed by atoms with Crippen LogP contribution in [0.3, 0.4) is 0 Å². The third-order valence-electron chi connectivity index (χ3n) is 2.57. The summed E-state index contributed by atoms with van der Waals surface area (Å²) in [4.78, 5) is 0. The fraction of sp³-hybridized carbons (Fsp3) is 1.00. The zero-order valence-electron chi connectivity index (χ0n) is 8.02. The fourth-order valence-corrected chi connectivity index (χ4v) is 1.53. The molecule has 1 heteroatoms. The highest BCUT2D eigenvalue weighted by atomic mass is 16.5. The number of ether oxygens (including phenoxy) is 1. The van der Waals surface area contributed by atoms with Gasteiger partial charge in [0, 0.05) is 0 Å². The molecule has 0 saturated carbocycles. The lowest BCUT2D eigenvalue weighted by Gasteiger charge is -2.38. The molecule has 1 nitrogen and oxygen atoms in total. The van der Waals surface area contributed by atoms with Crippen LogP contribution in [0.2, 0.25) is 0 Å². The van der Waals surface area contributed by atoms with Gasteiger partial charge in [-0.25, -0.2) is 0 Å². The molecule has 66 valence electrons. The first kappa shape index (κ1) is 9.05. The van der Waals surface area contributed by atoms with Crippen molar-refractivity contribution in [2.45, 2.75) is 52.1 Å². The van der Waals surface area contributed by atoms with Crippen molar-refractivity contribution in [3.05, 3.63) is 0 Å². The molecule has 11 heavy (non-hydrogen) atoms. The fourth-order valence-electron chi connectivity index (χ4n) is 1.53. The summed E-state index contributed by atoms with van der Waals surface area (Å²) >= 11 is 0. The Hall–Kier alpha value is -0.0400. The summed E-state index contributed by atoms with van der Waals surface area (Å²) in [5.41, 5.74) is 0.259. The average molecular weight is 156 g/mol. The van der Waals surface area contributed by atoms with E-state index in [2.05, 4.69) is 20.8 Å². The first-order valence-electron chi connectivity index (χ1n) is 4.76. The second kappa shape index (κ2) is 3.57. The van der Waals surface area contributed by atoms with E-state index in [1.54, 1.807) is 0 Å². The summed E-state index contributed by atoms with van der Waals surface area (Å²) in [6.45, 7) is 7.78. The Morgan fingerprint density at radius 2 is 2.09 bits per heavy atom. The normalized spacial score (nSPS) is 30.5. The second-order valence-corrected chi connectivity index (χ2v) is 4.33. The maximum absolute atomic E-state index is 5.50. The minimum atomic E-state index is 0.259. The van der Waals surface area contributed by atoms with Gasteiger partial charge >= 0.3 is 0 Å². The number of hydrogen-bond donors (Lipinski definition) is 0. The molecule has 1 saturated heterocycles. The van der Waals surface area contributed by atoms with Crippen molar-refractivity contribution in [2.24, 2.45) is 5.92 Å². The van der Waals surface area contributed by atoms with Crippen molar-refractivity contribution in [3.63, 3.8) is 0 Å². The van der Waals surface area contributed by atoms with E-state index in [0.29, 0.717) is 0 Å². The Labute approximate surface area is 70.1 Å². The summed E-state index contributed by atoms with van der Waals surface area (Å²) in [6.07, 6.45) is 5.20. The first-order valence-corrected chi connectivity index (χ1v) is 4.76. The number of hydrogen-bond acceptors (Lipinski definition) is 1. The highest BCUT2D eigenvalue weighted by molar-refractivity contribution is 4.82. The molecule has 0 aromatic heterocycles. The minimum Gasteiger partial charge on any atom is -0.375 e. The van der Waals surface area contributed by atoms with Gasteiger partial charge in [-0.3, -0.25) is 0 Å². The van der Waals surface area contributed by atoms with Crippen LogP contribution >= 0.6 is 0 Å². The van der Waals surface area contributed by atoms with Gasteiger partial charge < -0.3 is 4.74 Å². The molecule has 1 rings (SSSR count). The molecule has 0 amide bonds. The van der Waals surface area contributed by atoms with Crippen molar-refractivity contribution in [1.29, 1.82) is 0 Å². The average Bonchev–Trinajstić information content (AvgIpc) is 1.83. The van der Waals surface area contributed by atoms with Crippen LogP contribution in [0, 0.1) is 5.92 Å². The van der Waals surface area contributed by atoms with E-state index in [0.717, 1.165) is 12.5 Å². The van der Waals surface area contributed by atoms with Crippen LogP contribution in [0.15, 0.2) is 0 Å². The molecule has 1 aliphatic rings. The quantitative estimate of drug-likeness (QED) is 0.608. The molecule has 0 aromatic rings. The Morgan fingerprint density at radius 1 is 1.45 bits per heavy atom. The summed E-state index contributed by atoms with van der Waals surface area (Å²) in [5.74, 6) is 0.846. The molecular weight excluding hydrogens is 136 g/mol. The molecule has 1 fully saturated rings. The zero-order chi connectivity index (χ0) is 8.32. The Bertz CT molecular complexity index is 114. The van der Waals surface area contributed by atoms with Crippen LogP contribution in [-0.2, 0) is 4.74 Å². The van der Waals surface area contributed by atoms with Crippen molar-refractivity contribution in [1.82, 2.24) is 0 Å². The third kappa shape index (κ3) is 2.82. The van der Waals surface area contributed by atoms with Gasteiger partial charge in [-0.2, -0.15) is 0 Å². The number of rotatable bonds is 4. The first-order chi connectivity index (χ1) is 5.12. The predicted octanol–water partition coefficient (Wildman–Crippen LogP) is 2.99. The summed E-state index contributed by atoms with van der Waals surface area (Å²) in [7, 11) is 0. The monoisotopic (exact) mass is 156 g/mol. The molecule has 1 heterocycles. The SMILES string of the molecule is CC(C)CCCC1(C)CCO1. The Kier molecular flexibility index (Phi) is 2.94. The van der Waals surface area contributed by atoms with Crippen LogP contribution in [-0.4, -0.2) is 12.2 Å². The maximum Gasteiger partial charge on any atom is 0.0676 e. The summed E-state index contributed by atoms with van der Waals surface area (Å²) in [5, 5.41) is 0. The largest absolute Gasteiger partial charge is 0.375 e. The lowest BCUT2D eigenvalue weighted by Crippen LogP contribution is -2.40. The standard InChI is InChI=1S/C10H20O/c1-9(2)5-4-6-10(3)7-8-11-10/h9H,4-8H2,1-3H3. The molecule has 0 spiro atoms. The van der Waals surface area contributed by atoms with Gasteiger partial charge in [0.15, 0.2) is 0 Å². The van der Waals surface area contributed by atoms with Crippen LogP contribution in [0.25, 0.3) is 0 Å². The molecule has 0 aliphatic carbocycles. The Morgan fingerprint density at radius 3 is 2.45 bits per heavy atom. The van der Waals surface area contributed by atoms with Crippen molar-refractivity contribution in [2.75, 3.05) is 6.61 Å². The highest BCUT2D eigenvalue weighted by Gasteiger charge is 2.31.